The van der Waals surface area contributed by atoms with Crippen LogP contribution in [-0.2, 0) is 11.3 Å². The fourth-order valence-corrected chi connectivity index (χ4v) is 2.44. The first-order valence-corrected chi connectivity index (χ1v) is 8.22. The number of benzene rings is 2. The highest BCUT2D eigenvalue weighted by Gasteiger charge is 2.21. The van der Waals surface area contributed by atoms with E-state index in [2.05, 4.69) is 0 Å². The number of nitro groups is 1. The van der Waals surface area contributed by atoms with Gasteiger partial charge in [0, 0.05) is 18.7 Å². The Morgan fingerprint density at radius 2 is 1.80 bits per heavy atom. The third kappa shape index (κ3) is 5.04. The lowest BCUT2D eigenvalue weighted by atomic mass is 10.1. The van der Waals surface area contributed by atoms with Gasteiger partial charge in [-0.25, -0.2) is 0 Å². The van der Waals surface area contributed by atoms with E-state index in [-0.39, 0.29) is 30.0 Å². The van der Waals surface area contributed by atoms with E-state index in [1.54, 1.807) is 17.0 Å². The molecule has 0 radical (unpaired) electrons. The molecule has 0 aromatic heterocycles. The second-order valence-electron chi connectivity index (χ2n) is 5.78. The molecule has 0 aliphatic rings. The fraction of sp³-hybridized carbons (Fsp3) is 0.316. The van der Waals surface area contributed by atoms with Gasteiger partial charge in [-0.05, 0) is 25.0 Å². The van der Waals surface area contributed by atoms with Gasteiger partial charge in [-0.15, -0.1) is 0 Å². The fourth-order valence-electron chi connectivity index (χ4n) is 2.44. The summed E-state index contributed by atoms with van der Waals surface area (Å²) < 4.78 is 5.44. The van der Waals surface area contributed by atoms with E-state index in [0.29, 0.717) is 6.54 Å². The zero-order valence-corrected chi connectivity index (χ0v) is 14.4. The van der Waals surface area contributed by atoms with Crippen molar-refractivity contribution in [3.05, 3.63) is 70.3 Å². The summed E-state index contributed by atoms with van der Waals surface area (Å²) in [6, 6.07) is 15.8. The van der Waals surface area contributed by atoms with Crippen molar-refractivity contribution in [1.29, 1.82) is 0 Å². The van der Waals surface area contributed by atoms with Crippen LogP contribution < -0.4 is 4.74 Å². The molecule has 0 N–H and O–H groups in total. The zero-order valence-electron chi connectivity index (χ0n) is 14.4. The molecule has 1 amide bonds. The Kier molecular flexibility index (Phi) is 6.51. The van der Waals surface area contributed by atoms with Crippen LogP contribution in [-0.4, -0.2) is 28.4 Å². The number of carbonyl (C=O) groups is 1. The summed E-state index contributed by atoms with van der Waals surface area (Å²) in [4.78, 5) is 24.9. The van der Waals surface area contributed by atoms with Gasteiger partial charge in [-0.1, -0.05) is 49.4 Å². The standard InChI is InChI=1S/C19H22N2O4/c1-3-15(2)20(13-16-9-5-4-6-10-16)19(22)14-25-18-12-8-7-11-17(18)21(23)24/h4-12,15H,3,13-14H2,1-2H3. The highest BCUT2D eigenvalue weighted by Crippen LogP contribution is 2.26. The van der Waals surface area contributed by atoms with Crippen molar-refractivity contribution in [3.63, 3.8) is 0 Å². The molecular weight excluding hydrogens is 320 g/mol. The summed E-state index contributed by atoms with van der Waals surface area (Å²) in [6.45, 7) is 4.24. The summed E-state index contributed by atoms with van der Waals surface area (Å²) in [5, 5.41) is 11.0. The molecule has 2 aromatic carbocycles. The lowest BCUT2D eigenvalue weighted by Gasteiger charge is -2.28. The number of carbonyl (C=O) groups excluding carboxylic acids is 1. The van der Waals surface area contributed by atoms with Gasteiger partial charge in [0.2, 0.25) is 0 Å². The van der Waals surface area contributed by atoms with Gasteiger partial charge < -0.3 is 9.64 Å². The molecule has 132 valence electrons. The summed E-state index contributed by atoms with van der Waals surface area (Å²) in [7, 11) is 0. The highest BCUT2D eigenvalue weighted by atomic mass is 16.6. The zero-order chi connectivity index (χ0) is 18.2. The summed E-state index contributed by atoms with van der Waals surface area (Å²) >= 11 is 0. The Labute approximate surface area is 147 Å². The second-order valence-corrected chi connectivity index (χ2v) is 5.78. The molecule has 1 atom stereocenters. The second kappa shape index (κ2) is 8.82. The van der Waals surface area contributed by atoms with E-state index < -0.39 is 4.92 Å². The Balaban J connectivity index is 2.08. The molecule has 0 fully saturated rings. The van der Waals surface area contributed by atoms with Crippen molar-refractivity contribution < 1.29 is 14.5 Å². The van der Waals surface area contributed by atoms with Crippen LogP contribution in [0.15, 0.2) is 54.6 Å². The molecule has 0 bridgehead atoms. The number of hydrogen-bond donors (Lipinski definition) is 0. The van der Waals surface area contributed by atoms with E-state index in [1.165, 1.54) is 12.1 Å². The van der Waals surface area contributed by atoms with Crippen LogP contribution in [0.5, 0.6) is 5.75 Å². The average Bonchev–Trinajstić information content (AvgIpc) is 2.64. The van der Waals surface area contributed by atoms with Gasteiger partial charge >= 0.3 is 5.69 Å². The Bertz CT molecular complexity index is 718. The van der Waals surface area contributed by atoms with Crippen molar-refractivity contribution >= 4 is 11.6 Å². The number of rotatable bonds is 8. The molecule has 1 unspecified atom stereocenters. The van der Waals surface area contributed by atoms with Crippen LogP contribution in [0.25, 0.3) is 0 Å². The first-order valence-electron chi connectivity index (χ1n) is 8.22. The Morgan fingerprint density at radius 3 is 2.44 bits per heavy atom. The van der Waals surface area contributed by atoms with Crippen molar-refractivity contribution in [3.8, 4) is 5.75 Å². The van der Waals surface area contributed by atoms with Crippen molar-refractivity contribution in [2.45, 2.75) is 32.9 Å². The van der Waals surface area contributed by atoms with E-state index in [1.807, 2.05) is 44.2 Å². The SMILES string of the molecule is CCC(C)N(Cc1ccccc1)C(=O)COc1ccccc1[N+](=O)[O-]. The smallest absolute Gasteiger partial charge is 0.310 e. The third-order valence-corrected chi connectivity index (χ3v) is 4.05. The molecule has 0 spiro atoms. The molecule has 0 aliphatic heterocycles. The summed E-state index contributed by atoms with van der Waals surface area (Å²) in [5.41, 5.74) is 0.885. The predicted molar refractivity (Wildman–Crippen MR) is 95.3 cm³/mol. The molecule has 2 rings (SSSR count). The van der Waals surface area contributed by atoms with Crippen molar-refractivity contribution in [2.24, 2.45) is 0 Å². The van der Waals surface area contributed by atoms with Crippen LogP contribution in [0, 0.1) is 10.1 Å². The van der Waals surface area contributed by atoms with Gasteiger partial charge in [-0.2, -0.15) is 0 Å². The quantitative estimate of drug-likeness (QED) is 0.540. The molecule has 0 heterocycles. The normalized spacial score (nSPS) is 11.6. The number of amides is 1. The van der Waals surface area contributed by atoms with E-state index >= 15 is 0 Å². The minimum Gasteiger partial charge on any atom is -0.477 e. The Hall–Kier alpha value is -2.89. The number of nitro benzene ring substituents is 1. The Morgan fingerprint density at radius 1 is 1.16 bits per heavy atom. The number of ether oxygens (including phenoxy) is 1. The first-order chi connectivity index (χ1) is 12.0. The molecular formula is C19H22N2O4. The maximum atomic E-state index is 12.6. The van der Waals surface area contributed by atoms with Crippen molar-refractivity contribution in [2.75, 3.05) is 6.61 Å². The molecule has 0 aliphatic carbocycles. The predicted octanol–water partition coefficient (Wildman–Crippen LogP) is 3.80. The van der Waals surface area contributed by atoms with Gasteiger partial charge in [0.15, 0.2) is 12.4 Å². The lowest BCUT2D eigenvalue weighted by molar-refractivity contribution is -0.385. The number of para-hydroxylation sites is 2. The van der Waals surface area contributed by atoms with Crippen LogP contribution >= 0.6 is 0 Å². The van der Waals surface area contributed by atoms with E-state index in [9.17, 15) is 14.9 Å². The molecule has 25 heavy (non-hydrogen) atoms. The average molecular weight is 342 g/mol. The largest absolute Gasteiger partial charge is 0.477 e. The number of hydrogen-bond acceptors (Lipinski definition) is 4. The number of nitrogens with zero attached hydrogens (tertiary/aromatic N) is 2. The lowest BCUT2D eigenvalue weighted by Crippen LogP contribution is -2.40. The monoisotopic (exact) mass is 342 g/mol. The minimum absolute atomic E-state index is 0.0436. The van der Waals surface area contributed by atoms with Crippen molar-refractivity contribution in [1.82, 2.24) is 4.90 Å². The highest BCUT2D eigenvalue weighted by molar-refractivity contribution is 5.78. The van der Waals surface area contributed by atoms with Gasteiger partial charge in [0.25, 0.3) is 5.91 Å². The van der Waals surface area contributed by atoms with Gasteiger partial charge in [0.1, 0.15) is 0 Å². The molecule has 6 heteroatoms. The molecule has 0 saturated heterocycles. The first kappa shape index (κ1) is 18.4. The van der Waals surface area contributed by atoms with E-state index in [4.69, 9.17) is 4.74 Å². The summed E-state index contributed by atoms with van der Waals surface area (Å²) in [6.07, 6.45) is 0.810. The van der Waals surface area contributed by atoms with Gasteiger partial charge in [-0.3, -0.25) is 14.9 Å². The molecule has 2 aromatic rings. The maximum absolute atomic E-state index is 12.6. The van der Waals surface area contributed by atoms with Crippen LogP contribution in [0.1, 0.15) is 25.8 Å². The van der Waals surface area contributed by atoms with Gasteiger partial charge in [0.05, 0.1) is 4.92 Å². The molecule has 0 saturated carbocycles. The van der Waals surface area contributed by atoms with Crippen LogP contribution in [0.4, 0.5) is 5.69 Å². The van der Waals surface area contributed by atoms with Crippen LogP contribution in [0.2, 0.25) is 0 Å². The maximum Gasteiger partial charge on any atom is 0.310 e. The molecule has 6 nitrogen and oxygen atoms in total. The third-order valence-electron chi connectivity index (χ3n) is 4.05. The van der Waals surface area contributed by atoms with E-state index in [0.717, 1.165) is 12.0 Å². The van der Waals surface area contributed by atoms with Crippen LogP contribution in [0.3, 0.4) is 0 Å². The summed E-state index contributed by atoms with van der Waals surface area (Å²) in [5.74, 6) is -0.0963. The minimum atomic E-state index is -0.518. The topological polar surface area (TPSA) is 72.7 Å².